The van der Waals surface area contributed by atoms with Crippen molar-refractivity contribution >= 4 is 40.4 Å². The molecule has 19 heavy (non-hydrogen) atoms. The molecule has 0 aliphatic carbocycles. The predicted molar refractivity (Wildman–Crippen MR) is 84.6 cm³/mol. The Kier molecular flexibility index (Phi) is 6.87. The fourth-order valence-electron chi connectivity index (χ4n) is 1.77. The highest BCUT2D eigenvalue weighted by Gasteiger charge is 2.03. The molecule has 0 amide bonds. The summed E-state index contributed by atoms with van der Waals surface area (Å²) in [4.78, 5) is 4.41. The highest BCUT2D eigenvalue weighted by molar-refractivity contribution is 9.10. The first kappa shape index (κ1) is 16.0. The van der Waals surface area contributed by atoms with Crippen LogP contribution >= 0.6 is 28.3 Å². The summed E-state index contributed by atoms with van der Waals surface area (Å²) in [6.07, 6.45) is 6.09. The molecular formula is C13H17BrClN3O. The Morgan fingerprint density at radius 3 is 3.00 bits per heavy atom. The summed E-state index contributed by atoms with van der Waals surface area (Å²) >= 11 is 3.36. The minimum atomic E-state index is 0. The summed E-state index contributed by atoms with van der Waals surface area (Å²) in [6, 6.07) is 5.24. The van der Waals surface area contributed by atoms with Crippen molar-refractivity contribution in [2.24, 2.45) is 10.1 Å². The molecule has 1 aliphatic rings. The zero-order valence-electron chi connectivity index (χ0n) is 10.5. The Balaban J connectivity index is 0.00000180. The van der Waals surface area contributed by atoms with Gasteiger partial charge in [-0.15, -0.1) is 12.4 Å². The van der Waals surface area contributed by atoms with Crippen LogP contribution in [0.15, 0.2) is 32.8 Å². The molecule has 0 saturated heterocycles. The highest BCUT2D eigenvalue weighted by Crippen LogP contribution is 2.19. The number of amidine groups is 1. The van der Waals surface area contributed by atoms with Crippen molar-refractivity contribution in [3.8, 4) is 5.75 Å². The van der Waals surface area contributed by atoms with Crippen molar-refractivity contribution in [3.63, 3.8) is 0 Å². The number of phenols is 1. The van der Waals surface area contributed by atoms with Gasteiger partial charge in [-0.3, -0.25) is 10.4 Å². The number of hydrogen-bond acceptors (Lipinski definition) is 4. The van der Waals surface area contributed by atoms with Crippen molar-refractivity contribution < 1.29 is 5.11 Å². The summed E-state index contributed by atoms with van der Waals surface area (Å²) in [7, 11) is 0. The van der Waals surface area contributed by atoms with E-state index in [9.17, 15) is 5.11 Å². The number of nitrogens with zero attached hydrogens (tertiary/aromatic N) is 2. The first-order valence-electron chi connectivity index (χ1n) is 6.06. The normalized spacial score (nSPS) is 15.5. The van der Waals surface area contributed by atoms with Gasteiger partial charge in [0.1, 0.15) is 11.6 Å². The summed E-state index contributed by atoms with van der Waals surface area (Å²) in [5.41, 5.74) is 3.62. The van der Waals surface area contributed by atoms with Crippen LogP contribution in [0.4, 0.5) is 0 Å². The third-order valence-corrected chi connectivity index (χ3v) is 3.25. The van der Waals surface area contributed by atoms with E-state index in [0.717, 1.165) is 36.1 Å². The van der Waals surface area contributed by atoms with E-state index in [2.05, 4.69) is 31.4 Å². The van der Waals surface area contributed by atoms with E-state index in [0.29, 0.717) is 5.56 Å². The van der Waals surface area contributed by atoms with Gasteiger partial charge in [-0.25, -0.2) is 0 Å². The fourth-order valence-corrected chi connectivity index (χ4v) is 2.15. The molecule has 4 nitrogen and oxygen atoms in total. The van der Waals surface area contributed by atoms with Crippen LogP contribution in [0.25, 0.3) is 0 Å². The molecule has 0 fully saturated rings. The van der Waals surface area contributed by atoms with Gasteiger partial charge in [0, 0.05) is 23.0 Å². The van der Waals surface area contributed by atoms with E-state index in [-0.39, 0.29) is 18.2 Å². The SMILES string of the molecule is Cl.Oc1ccc(Br)cc1C=NNC1=NCCCCC1. The molecule has 0 unspecified atom stereocenters. The van der Waals surface area contributed by atoms with Crippen LogP contribution in [-0.2, 0) is 0 Å². The maximum absolute atomic E-state index is 9.65. The van der Waals surface area contributed by atoms with E-state index < -0.39 is 0 Å². The van der Waals surface area contributed by atoms with Crippen LogP contribution in [0.1, 0.15) is 31.2 Å². The molecule has 1 aromatic rings. The molecule has 0 saturated carbocycles. The number of phenolic OH excluding ortho intramolecular Hbond substituents is 1. The Labute approximate surface area is 127 Å². The van der Waals surface area contributed by atoms with Crippen LogP contribution in [0.5, 0.6) is 5.75 Å². The molecule has 0 bridgehead atoms. The fraction of sp³-hybridized carbons (Fsp3) is 0.385. The largest absolute Gasteiger partial charge is 0.507 e. The third-order valence-electron chi connectivity index (χ3n) is 2.76. The minimum Gasteiger partial charge on any atom is -0.507 e. The Bertz CT molecular complexity index is 477. The summed E-state index contributed by atoms with van der Waals surface area (Å²) in [5.74, 6) is 1.14. The maximum Gasteiger partial charge on any atom is 0.124 e. The standard InChI is InChI=1S/C13H16BrN3O.ClH/c14-11-5-6-12(18)10(8-11)9-16-17-13-4-2-1-3-7-15-13;/h5-6,8-9,18H,1-4,7H2,(H,15,17);1H. The van der Waals surface area contributed by atoms with Gasteiger partial charge in [0.05, 0.1) is 6.21 Å². The van der Waals surface area contributed by atoms with E-state index in [4.69, 9.17) is 0 Å². The molecule has 1 aromatic carbocycles. The second-order valence-corrected chi connectivity index (χ2v) is 5.13. The summed E-state index contributed by atoms with van der Waals surface area (Å²) < 4.78 is 0.911. The number of aromatic hydroxyl groups is 1. The first-order chi connectivity index (χ1) is 8.75. The lowest BCUT2D eigenvalue weighted by molar-refractivity contribution is 0.474. The average Bonchev–Trinajstić information content (AvgIpc) is 2.62. The molecule has 0 spiro atoms. The number of rotatable bonds is 2. The lowest BCUT2D eigenvalue weighted by atomic mass is 10.2. The highest BCUT2D eigenvalue weighted by atomic mass is 79.9. The summed E-state index contributed by atoms with van der Waals surface area (Å²) in [6.45, 7) is 0.875. The van der Waals surface area contributed by atoms with Crippen LogP contribution in [-0.4, -0.2) is 23.7 Å². The number of benzene rings is 1. The average molecular weight is 347 g/mol. The second kappa shape index (κ2) is 8.17. The van der Waals surface area contributed by atoms with Gasteiger partial charge >= 0.3 is 0 Å². The lowest BCUT2D eigenvalue weighted by Gasteiger charge is -2.03. The van der Waals surface area contributed by atoms with Gasteiger partial charge in [0.25, 0.3) is 0 Å². The Morgan fingerprint density at radius 2 is 2.16 bits per heavy atom. The van der Waals surface area contributed by atoms with Crippen molar-refractivity contribution in [1.82, 2.24) is 5.43 Å². The van der Waals surface area contributed by atoms with Gasteiger partial charge in [-0.05, 0) is 31.0 Å². The monoisotopic (exact) mass is 345 g/mol. The molecule has 0 aromatic heterocycles. The zero-order chi connectivity index (χ0) is 12.8. The van der Waals surface area contributed by atoms with Gasteiger partial charge in [0.15, 0.2) is 0 Å². The quantitative estimate of drug-likeness (QED) is 0.636. The van der Waals surface area contributed by atoms with Crippen LogP contribution < -0.4 is 5.43 Å². The second-order valence-electron chi connectivity index (χ2n) is 4.21. The van der Waals surface area contributed by atoms with Crippen LogP contribution in [0, 0.1) is 0 Å². The van der Waals surface area contributed by atoms with Crippen molar-refractivity contribution in [1.29, 1.82) is 0 Å². The van der Waals surface area contributed by atoms with Crippen molar-refractivity contribution in [2.75, 3.05) is 6.54 Å². The number of halogens is 2. The third kappa shape index (κ3) is 5.20. The van der Waals surface area contributed by atoms with Gasteiger partial charge in [-0.1, -0.05) is 22.4 Å². The lowest BCUT2D eigenvalue weighted by Crippen LogP contribution is -2.17. The zero-order valence-corrected chi connectivity index (χ0v) is 12.9. The molecule has 6 heteroatoms. The Hall–Kier alpha value is -1.07. The molecule has 0 radical (unpaired) electrons. The predicted octanol–water partition coefficient (Wildman–Crippen LogP) is 3.47. The number of hydrazone groups is 1. The van der Waals surface area contributed by atoms with E-state index >= 15 is 0 Å². The molecule has 2 rings (SSSR count). The van der Waals surface area contributed by atoms with Crippen molar-refractivity contribution in [2.45, 2.75) is 25.7 Å². The smallest absolute Gasteiger partial charge is 0.124 e. The van der Waals surface area contributed by atoms with Gasteiger partial charge < -0.3 is 5.11 Å². The minimum absolute atomic E-state index is 0. The first-order valence-corrected chi connectivity index (χ1v) is 6.86. The molecule has 1 aliphatic heterocycles. The summed E-state index contributed by atoms with van der Waals surface area (Å²) in [5, 5.41) is 13.8. The molecule has 104 valence electrons. The van der Waals surface area contributed by atoms with Crippen molar-refractivity contribution in [3.05, 3.63) is 28.2 Å². The van der Waals surface area contributed by atoms with Crippen LogP contribution in [0.2, 0.25) is 0 Å². The van der Waals surface area contributed by atoms with Gasteiger partial charge in [-0.2, -0.15) is 5.10 Å². The molecule has 1 heterocycles. The topological polar surface area (TPSA) is 57.0 Å². The molecule has 2 N–H and O–H groups in total. The van der Waals surface area contributed by atoms with Crippen LogP contribution in [0.3, 0.4) is 0 Å². The van der Waals surface area contributed by atoms with E-state index in [1.54, 1.807) is 18.3 Å². The number of nitrogens with one attached hydrogen (secondary N) is 1. The number of hydrogen-bond donors (Lipinski definition) is 2. The maximum atomic E-state index is 9.65. The van der Waals surface area contributed by atoms with Gasteiger partial charge in [0.2, 0.25) is 0 Å². The van der Waals surface area contributed by atoms with E-state index in [1.165, 1.54) is 6.42 Å². The molecular weight excluding hydrogens is 330 g/mol. The molecule has 0 atom stereocenters. The van der Waals surface area contributed by atoms with E-state index in [1.807, 2.05) is 6.07 Å². The number of aliphatic imine (C=N–C) groups is 1. The Morgan fingerprint density at radius 1 is 1.32 bits per heavy atom.